The molecular formula is C25H46N6O7. The van der Waals surface area contributed by atoms with E-state index < -0.39 is 54.0 Å². The van der Waals surface area contributed by atoms with Crippen molar-refractivity contribution in [1.82, 2.24) is 31.7 Å². The molecule has 2 rings (SSSR count). The first-order valence-corrected chi connectivity index (χ1v) is 13.7. The van der Waals surface area contributed by atoms with Crippen molar-refractivity contribution in [2.24, 2.45) is 11.8 Å². The van der Waals surface area contributed by atoms with Crippen LogP contribution in [0.5, 0.6) is 0 Å². The van der Waals surface area contributed by atoms with Crippen molar-refractivity contribution in [3.8, 4) is 0 Å². The lowest BCUT2D eigenvalue weighted by molar-refractivity contribution is -0.185. The fraction of sp³-hybridized carbons (Fsp3) is 0.840. The van der Waals surface area contributed by atoms with Crippen LogP contribution < -0.4 is 21.6 Å². The molecule has 2 fully saturated rings. The topological polar surface area (TPSA) is 173 Å². The molecule has 13 heteroatoms. The molecule has 13 nitrogen and oxygen atoms in total. The van der Waals surface area contributed by atoms with Gasteiger partial charge in [-0.2, -0.15) is 0 Å². The van der Waals surface area contributed by atoms with Gasteiger partial charge in [-0.3, -0.25) is 30.0 Å². The molecule has 0 saturated carbocycles. The summed E-state index contributed by atoms with van der Waals surface area (Å²) in [6, 6.07) is -2.95. The number of hydrogen-bond donors (Lipinski definition) is 6. The molecule has 0 aromatic rings. The number of aliphatic hydroxyl groups is 1. The predicted molar refractivity (Wildman–Crippen MR) is 138 cm³/mol. The van der Waals surface area contributed by atoms with Crippen LogP contribution in [-0.4, -0.2) is 94.0 Å². The van der Waals surface area contributed by atoms with Gasteiger partial charge in [-0.15, -0.1) is 0 Å². The summed E-state index contributed by atoms with van der Waals surface area (Å²) in [7, 11) is 0. The summed E-state index contributed by atoms with van der Waals surface area (Å²) in [5.41, 5.74) is 8.88. The highest BCUT2D eigenvalue weighted by molar-refractivity contribution is 5.89. The zero-order valence-corrected chi connectivity index (χ0v) is 23.2. The fourth-order valence-electron chi connectivity index (χ4n) is 4.67. The highest BCUT2D eigenvalue weighted by atomic mass is 16.5. The Balaban J connectivity index is 2.13. The van der Waals surface area contributed by atoms with Crippen LogP contribution in [0.2, 0.25) is 0 Å². The zero-order valence-electron chi connectivity index (χ0n) is 23.2. The molecule has 5 atom stereocenters. The van der Waals surface area contributed by atoms with Gasteiger partial charge in [0.15, 0.2) is 0 Å². The number of aliphatic hydroxyl groups excluding tert-OH is 1. The lowest BCUT2D eigenvalue weighted by Crippen LogP contribution is -2.61. The molecular weight excluding hydrogens is 496 g/mol. The maximum Gasteiger partial charge on any atom is 0.329 e. The maximum absolute atomic E-state index is 13.5. The first-order valence-electron chi connectivity index (χ1n) is 13.7. The van der Waals surface area contributed by atoms with Crippen LogP contribution in [0.4, 0.5) is 0 Å². The zero-order chi connectivity index (χ0) is 28.4. The van der Waals surface area contributed by atoms with Gasteiger partial charge in [0.05, 0.1) is 18.0 Å². The molecule has 2 saturated heterocycles. The minimum atomic E-state index is -1.09. The number of hydrazine groups is 2. The number of carbonyl (C=O) groups is 4. The third-order valence-corrected chi connectivity index (χ3v) is 6.93. The van der Waals surface area contributed by atoms with E-state index in [4.69, 9.17) is 4.74 Å². The fourth-order valence-corrected chi connectivity index (χ4v) is 4.67. The minimum absolute atomic E-state index is 0.0380. The molecule has 0 aromatic carbocycles. The summed E-state index contributed by atoms with van der Waals surface area (Å²) in [6.07, 6.45) is 2.51. The highest BCUT2D eigenvalue weighted by Crippen LogP contribution is 2.23. The van der Waals surface area contributed by atoms with Crippen LogP contribution in [0.3, 0.4) is 0 Å². The standard InChI is InChI=1S/C25H46N6O7/c1-15(2)21(17(5)23(34)30-20(10-8-13-27-30)24(35)31(37)16(3)4)38-25(36)19(11-14-32)28-22(33)18-9-6-7-12-26-29-18/h15-21,26-27,29,32,37H,6-14H2,1-5H3,(H,28,33). The molecule has 0 spiro atoms. The van der Waals surface area contributed by atoms with Crippen LogP contribution in [0.25, 0.3) is 0 Å². The van der Waals surface area contributed by atoms with Gasteiger partial charge in [-0.1, -0.05) is 13.8 Å². The Morgan fingerprint density at radius 3 is 2.39 bits per heavy atom. The van der Waals surface area contributed by atoms with Gasteiger partial charge in [0.2, 0.25) is 11.8 Å². The minimum Gasteiger partial charge on any atom is -0.460 e. The number of nitrogens with one attached hydrogen (secondary N) is 4. The molecule has 218 valence electrons. The number of nitrogens with zero attached hydrogens (tertiary/aromatic N) is 2. The Labute approximate surface area is 224 Å². The van der Waals surface area contributed by atoms with Crippen molar-refractivity contribution in [2.45, 2.75) is 103 Å². The van der Waals surface area contributed by atoms with Gasteiger partial charge < -0.3 is 15.2 Å². The Morgan fingerprint density at radius 2 is 1.76 bits per heavy atom. The number of amides is 3. The summed E-state index contributed by atoms with van der Waals surface area (Å²) < 4.78 is 5.77. The van der Waals surface area contributed by atoms with E-state index in [1.165, 1.54) is 5.01 Å². The molecule has 6 N–H and O–H groups in total. The summed E-state index contributed by atoms with van der Waals surface area (Å²) in [6.45, 7) is 9.45. The Hall–Kier alpha value is -2.32. The van der Waals surface area contributed by atoms with Gasteiger partial charge in [0.1, 0.15) is 18.2 Å². The van der Waals surface area contributed by atoms with Crippen molar-refractivity contribution in [1.29, 1.82) is 0 Å². The molecule has 38 heavy (non-hydrogen) atoms. The molecule has 2 heterocycles. The van der Waals surface area contributed by atoms with Crippen LogP contribution in [0.15, 0.2) is 0 Å². The van der Waals surface area contributed by atoms with Crippen molar-refractivity contribution >= 4 is 23.7 Å². The summed E-state index contributed by atoms with van der Waals surface area (Å²) in [5.74, 6) is -3.24. The number of hydroxylamine groups is 2. The van der Waals surface area contributed by atoms with Gasteiger partial charge in [-0.05, 0) is 58.8 Å². The number of hydrogen-bond acceptors (Lipinski definition) is 10. The van der Waals surface area contributed by atoms with E-state index in [2.05, 4.69) is 21.6 Å². The van der Waals surface area contributed by atoms with Gasteiger partial charge in [0, 0.05) is 26.1 Å². The van der Waals surface area contributed by atoms with Crippen LogP contribution in [-0.2, 0) is 23.9 Å². The maximum atomic E-state index is 13.5. The smallest absolute Gasteiger partial charge is 0.329 e. The summed E-state index contributed by atoms with van der Waals surface area (Å²) >= 11 is 0. The van der Waals surface area contributed by atoms with E-state index in [-0.39, 0.29) is 24.9 Å². The predicted octanol–water partition coefficient (Wildman–Crippen LogP) is -0.174. The van der Waals surface area contributed by atoms with E-state index in [1.807, 2.05) is 13.8 Å². The molecule has 0 bridgehead atoms. The van der Waals surface area contributed by atoms with Crippen LogP contribution >= 0.6 is 0 Å². The summed E-state index contributed by atoms with van der Waals surface area (Å²) in [5, 5.41) is 24.2. The third-order valence-electron chi connectivity index (χ3n) is 6.93. The van der Waals surface area contributed by atoms with Gasteiger partial charge >= 0.3 is 5.97 Å². The largest absolute Gasteiger partial charge is 0.460 e. The van der Waals surface area contributed by atoms with Crippen molar-refractivity contribution in [2.75, 3.05) is 19.7 Å². The Bertz CT molecular complexity index is 803. The molecule has 0 aromatic heterocycles. The lowest BCUT2D eigenvalue weighted by atomic mass is 9.92. The number of esters is 1. The van der Waals surface area contributed by atoms with Crippen LogP contribution in [0.1, 0.15) is 73.1 Å². The highest BCUT2D eigenvalue weighted by Gasteiger charge is 2.41. The first kappa shape index (κ1) is 31.9. The average Bonchev–Trinajstić information content (AvgIpc) is 3.19. The Kier molecular flexibility index (Phi) is 12.9. The van der Waals surface area contributed by atoms with E-state index in [0.29, 0.717) is 30.9 Å². The van der Waals surface area contributed by atoms with E-state index in [9.17, 15) is 29.5 Å². The second-order valence-electron chi connectivity index (χ2n) is 10.7. The van der Waals surface area contributed by atoms with Gasteiger partial charge in [0.25, 0.3) is 5.91 Å². The normalized spacial score (nSPS) is 22.8. The van der Waals surface area contributed by atoms with Crippen LogP contribution in [0, 0.1) is 11.8 Å². The molecule has 0 aliphatic carbocycles. The van der Waals surface area contributed by atoms with E-state index >= 15 is 0 Å². The molecule has 5 unspecified atom stereocenters. The SMILES string of the molecule is CC(C)C(OC(=O)C(CCO)NC(=O)C1CCCCNN1)C(C)C(=O)N1NCCCC1C(=O)N(O)C(C)C. The monoisotopic (exact) mass is 542 g/mol. The first-order chi connectivity index (χ1) is 18.0. The lowest BCUT2D eigenvalue weighted by Gasteiger charge is -2.39. The number of ether oxygens (including phenoxy) is 1. The number of carbonyl (C=O) groups excluding carboxylic acids is 4. The summed E-state index contributed by atoms with van der Waals surface area (Å²) in [4.78, 5) is 52.3. The van der Waals surface area contributed by atoms with Crippen molar-refractivity contribution < 1.29 is 34.2 Å². The second-order valence-corrected chi connectivity index (χ2v) is 10.7. The molecule has 2 aliphatic rings. The van der Waals surface area contributed by atoms with E-state index in [0.717, 1.165) is 19.4 Å². The number of rotatable bonds is 11. The molecule has 0 radical (unpaired) electrons. The average molecular weight is 543 g/mol. The third kappa shape index (κ3) is 8.60. The van der Waals surface area contributed by atoms with Gasteiger partial charge in [-0.25, -0.2) is 20.7 Å². The molecule has 2 aliphatic heterocycles. The van der Waals surface area contributed by atoms with Crippen molar-refractivity contribution in [3.63, 3.8) is 0 Å². The second kappa shape index (κ2) is 15.3. The van der Waals surface area contributed by atoms with Crippen molar-refractivity contribution in [3.05, 3.63) is 0 Å². The quantitative estimate of drug-likeness (QED) is 0.117. The Morgan fingerprint density at radius 1 is 1.05 bits per heavy atom. The van der Waals surface area contributed by atoms with E-state index in [1.54, 1.807) is 20.8 Å². The molecule has 3 amide bonds.